The van der Waals surface area contributed by atoms with E-state index >= 15 is 0 Å². The lowest BCUT2D eigenvalue weighted by atomic mass is 9.33. The van der Waals surface area contributed by atoms with E-state index in [0.717, 1.165) is 24.2 Å². The van der Waals surface area contributed by atoms with Gasteiger partial charge in [0.1, 0.15) is 0 Å². The maximum absolute atomic E-state index is 11.5. The number of rotatable bonds is 4. The second-order valence-corrected chi connectivity index (χ2v) is 16.7. The highest BCUT2D eigenvalue weighted by Crippen LogP contribution is 2.77. The molecule has 0 spiro atoms. The second-order valence-electron chi connectivity index (χ2n) is 16.7. The quantitative estimate of drug-likeness (QED) is 0.297. The zero-order valence-electron chi connectivity index (χ0n) is 26.6. The Bertz CT molecular complexity index is 1300. The zero-order valence-corrected chi connectivity index (χ0v) is 26.6. The van der Waals surface area contributed by atoms with Crippen LogP contribution in [0.15, 0.2) is 42.5 Å². The summed E-state index contributed by atoms with van der Waals surface area (Å²) in [5.74, 6) is 2.87. The van der Waals surface area contributed by atoms with Crippen molar-refractivity contribution in [1.82, 2.24) is 4.90 Å². The smallest absolute Gasteiger partial charge is 0.335 e. The number of fused-ring (bicyclic) bond motifs is 7. The molecule has 3 nitrogen and oxygen atoms in total. The fraction of sp³-hybridized carbons (Fsp3) is 0.711. The number of carboxylic acid groups (broad SMARTS) is 1. The van der Waals surface area contributed by atoms with Crippen molar-refractivity contribution in [2.24, 2.45) is 51.2 Å². The molecule has 7 rings (SSSR count). The summed E-state index contributed by atoms with van der Waals surface area (Å²) in [7, 11) is 0. The minimum Gasteiger partial charge on any atom is -0.478 e. The molecule has 0 aromatic heterocycles. The predicted octanol–water partition coefficient (Wildman–Crippen LogP) is 9.10. The van der Waals surface area contributed by atoms with Crippen molar-refractivity contribution >= 4 is 11.5 Å². The maximum Gasteiger partial charge on any atom is 0.335 e. The van der Waals surface area contributed by atoms with Crippen LogP contribution in [-0.2, 0) is 0 Å². The van der Waals surface area contributed by atoms with E-state index in [1.54, 1.807) is 12.1 Å². The van der Waals surface area contributed by atoms with Gasteiger partial charge >= 0.3 is 5.97 Å². The lowest BCUT2D eigenvalue weighted by Gasteiger charge is -2.72. The van der Waals surface area contributed by atoms with Crippen molar-refractivity contribution in [2.45, 2.75) is 105 Å². The molecule has 0 bridgehead atoms. The van der Waals surface area contributed by atoms with Crippen LogP contribution in [0.5, 0.6) is 0 Å². The number of benzene rings is 1. The molecule has 0 radical (unpaired) electrons. The Morgan fingerprint density at radius 2 is 1.59 bits per heavy atom. The van der Waals surface area contributed by atoms with Gasteiger partial charge in [-0.2, -0.15) is 0 Å². The first-order chi connectivity index (χ1) is 19.3. The molecular formula is C38H53NO2. The number of carbonyl (C=O) groups is 1. The highest BCUT2D eigenvalue weighted by atomic mass is 16.4. The van der Waals surface area contributed by atoms with Crippen LogP contribution in [-0.4, -0.2) is 34.6 Å². The Morgan fingerprint density at radius 3 is 2.22 bits per heavy atom. The summed E-state index contributed by atoms with van der Waals surface area (Å²) in [6.07, 6.45) is 14.7. The first-order valence-electron chi connectivity index (χ1n) is 16.7. The minimum atomic E-state index is -0.849. The number of aromatic carboxylic acids is 1. The molecule has 1 aliphatic heterocycles. The number of carboxylic acids is 1. The summed E-state index contributed by atoms with van der Waals surface area (Å²) < 4.78 is 0. The molecule has 1 N–H and O–H groups in total. The van der Waals surface area contributed by atoms with Crippen LogP contribution in [0.25, 0.3) is 5.57 Å². The number of hydrogen-bond donors (Lipinski definition) is 1. The van der Waals surface area contributed by atoms with E-state index in [4.69, 9.17) is 0 Å². The molecule has 0 amide bonds. The van der Waals surface area contributed by atoms with E-state index in [1.807, 2.05) is 12.1 Å². The molecular weight excluding hydrogens is 502 g/mol. The second kappa shape index (κ2) is 8.84. The van der Waals surface area contributed by atoms with Crippen LogP contribution >= 0.6 is 0 Å². The summed E-state index contributed by atoms with van der Waals surface area (Å²) in [5, 5.41) is 9.43. The summed E-state index contributed by atoms with van der Waals surface area (Å²) in [6, 6.07) is 7.65. The molecule has 41 heavy (non-hydrogen) atoms. The van der Waals surface area contributed by atoms with Gasteiger partial charge in [-0.25, -0.2) is 4.79 Å². The number of hydrogen-bond acceptors (Lipinski definition) is 2. The first kappa shape index (κ1) is 27.9. The van der Waals surface area contributed by atoms with Crippen molar-refractivity contribution in [3.05, 3.63) is 53.6 Å². The van der Waals surface area contributed by atoms with Gasteiger partial charge in [-0.3, -0.25) is 4.90 Å². The molecule has 1 saturated heterocycles. The summed E-state index contributed by atoms with van der Waals surface area (Å²) in [4.78, 5) is 14.4. The largest absolute Gasteiger partial charge is 0.478 e. The van der Waals surface area contributed by atoms with Gasteiger partial charge in [0.05, 0.1) is 5.56 Å². The Kier molecular flexibility index (Phi) is 6.02. The van der Waals surface area contributed by atoms with Crippen molar-refractivity contribution in [1.29, 1.82) is 0 Å². The van der Waals surface area contributed by atoms with Crippen LogP contribution in [0, 0.1) is 51.2 Å². The summed E-state index contributed by atoms with van der Waals surface area (Å²) in [5.41, 5.74) is 6.05. The molecule has 1 aromatic carbocycles. The monoisotopic (exact) mass is 555 g/mol. The third kappa shape index (κ3) is 3.57. The minimum absolute atomic E-state index is 0.0638. The van der Waals surface area contributed by atoms with Gasteiger partial charge < -0.3 is 5.11 Å². The van der Waals surface area contributed by atoms with Crippen molar-refractivity contribution in [3.8, 4) is 0 Å². The van der Waals surface area contributed by atoms with Crippen LogP contribution in [0.3, 0.4) is 0 Å². The Hall–Kier alpha value is -1.87. The number of nitrogens with zero attached hydrogens (tertiary/aromatic N) is 1. The third-order valence-electron chi connectivity index (χ3n) is 15.1. The van der Waals surface area contributed by atoms with Crippen LogP contribution in [0.2, 0.25) is 0 Å². The average molecular weight is 556 g/mol. The van der Waals surface area contributed by atoms with Gasteiger partial charge in [0, 0.05) is 18.6 Å². The lowest BCUT2D eigenvalue weighted by Crippen LogP contribution is -2.67. The van der Waals surface area contributed by atoms with Crippen LogP contribution in [0.1, 0.15) is 115 Å². The average Bonchev–Trinajstić information content (AvgIpc) is 3.69. The molecule has 5 fully saturated rings. The molecule has 5 aliphatic carbocycles. The fourth-order valence-electron chi connectivity index (χ4n) is 13.0. The number of allylic oxidation sites excluding steroid dienone is 3. The van der Waals surface area contributed by atoms with E-state index < -0.39 is 5.97 Å². The molecule has 1 heterocycles. The highest BCUT2D eigenvalue weighted by molar-refractivity contribution is 5.88. The van der Waals surface area contributed by atoms with Crippen LogP contribution < -0.4 is 0 Å². The molecule has 9 atom stereocenters. The lowest BCUT2D eigenvalue weighted by molar-refractivity contribution is -0.223. The van der Waals surface area contributed by atoms with E-state index in [9.17, 15) is 9.90 Å². The molecule has 3 heteroatoms. The van der Waals surface area contributed by atoms with E-state index in [2.05, 4.69) is 59.1 Å². The summed E-state index contributed by atoms with van der Waals surface area (Å²) >= 11 is 0. The van der Waals surface area contributed by atoms with E-state index in [-0.39, 0.29) is 5.41 Å². The van der Waals surface area contributed by atoms with Gasteiger partial charge in [-0.05, 0) is 139 Å². The summed E-state index contributed by atoms with van der Waals surface area (Å²) in [6.45, 7) is 22.7. The SMILES string of the molecule is C=C(C)[C@@H]1CC[C@]2(N3CC3)CC[C@]3(C)[C@H](CC[C@@H]4[C@@]5(C)CC=C(c6ccc(C(=O)O)cc6)C(C)(C)[C@@H]5CC[C@]43C)[C@@H]12. The van der Waals surface area contributed by atoms with Gasteiger partial charge in [-0.1, -0.05) is 65.0 Å². The molecule has 4 saturated carbocycles. The van der Waals surface area contributed by atoms with Gasteiger partial charge in [0.25, 0.3) is 0 Å². The van der Waals surface area contributed by atoms with Gasteiger partial charge in [0.15, 0.2) is 0 Å². The third-order valence-corrected chi connectivity index (χ3v) is 15.1. The van der Waals surface area contributed by atoms with Crippen molar-refractivity contribution in [2.75, 3.05) is 13.1 Å². The highest BCUT2D eigenvalue weighted by Gasteiger charge is 2.71. The normalized spacial score (nSPS) is 46.4. The fourth-order valence-corrected chi connectivity index (χ4v) is 13.0. The van der Waals surface area contributed by atoms with Crippen molar-refractivity contribution < 1.29 is 9.90 Å². The Morgan fingerprint density at radius 1 is 0.878 bits per heavy atom. The predicted molar refractivity (Wildman–Crippen MR) is 168 cm³/mol. The maximum atomic E-state index is 11.5. The molecule has 222 valence electrons. The van der Waals surface area contributed by atoms with Gasteiger partial charge in [-0.15, -0.1) is 0 Å². The van der Waals surface area contributed by atoms with E-state index in [1.165, 1.54) is 81.2 Å². The topological polar surface area (TPSA) is 40.3 Å². The molecule has 6 aliphatic rings. The first-order valence-corrected chi connectivity index (χ1v) is 16.7. The van der Waals surface area contributed by atoms with Gasteiger partial charge in [0.2, 0.25) is 0 Å². The standard InChI is InChI=1S/C38H53NO2/c1-24(2)27-14-19-38(39-22-23-39)21-20-36(6)29(32(27)38)12-13-31-35(5)17-15-28(25-8-10-26(11-9-25)33(40)41)34(3,4)30(35)16-18-37(31,36)7/h8-11,15,27,29-32H,1,12-14,16-23H2,2-7H3,(H,40,41)/t27-,29+,30-,31+,32+,35-,36+,37+,38-/m0/s1. The molecule has 0 unspecified atom stereocenters. The van der Waals surface area contributed by atoms with E-state index in [0.29, 0.717) is 39.2 Å². The zero-order chi connectivity index (χ0) is 29.2. The Labute approximate surface area is 248 Å². The Balaban J connectivity index is 1.24. The van der Waals surface area contributed by atoms with Crippen molar-refractivity contribution in [3.63, 3.8) is 0 Å². The van der Waals surface area contributed by atoms with Crippen LogP contribution in [0.4, 0.5) is 0 Å². The molecule has 1 aromatic rings.